The van der Waals surface area contributed by atoms with Crippen molar-refractivity contribution in [3.63, 3.8) is 0 Å². The molecule has 21 heavy (non-hydrogen) atoms. The maximum absolute atomic E-state index is 12.5. The van der Waals surface area contributed by atoms with Crippen LogP contribution in [0, 0.1) is 0 Å². The Morgan fingerprint density at radius 1 is 1.57 bits per heavy atom. The highest BCUT2D eigenvalue weighted by Crippen LogP contribution is 2.32. The highest BCUT2D eigenvalue weighted by molar-refractivity contribution is 5.92. The summed E-state index contributed by atoms with van der Waals surface area (Å²) in [6, 6.07) is 3.66. The third-order valence-electron chi connectivity index (χ3n) is 3.82. The predicted octanol–water partition coefficient (Wildman–Crippen LogP) is 0.655. The van der Waals surface area contributed by atoms with Crippen molar-refractivity contribution in [2.45, 2.75) is 25.3 Å². The van der Waals surface area contributed by atoms with Gasteiger partial charge in [0.15, 0.2) is 0 Å². The summed E-state index contributed by atoms with van der Waals surface area (Å²) >= 11 is 0. The van der Waals surface area contributed by atoms with Crippen molar-refractivity contribution in [1.82, 2.24) is 24.9 Å². The number of hydrogen-bond acceptors (Lipinski definition) is 4. The Balaban J connectivity index is 1.79. The lowest BCUT2D eigenvalue weighted by molar-refractivity contribution is 0.0726. The number of hydrogen-bond donors (Lipinski definition) is 2. The molecule has 1 atom stereocenters. The molecule has 1 aliphatic rings. The summed E-state index contributed by atoms with van der Waals surface area (Å²) in [5.41, 5.74) is 2.22. The standard InChI is InChI=1S/C14H19N5O2/c1-18-7-4-11(17-18)14(21)19-6-2-3-13(19)12-9-10(5-8-20)15-16-12/h4,7,9,13,20H,2-3,5-6,8H2,1H3,(H,15,16)/t13-/m1/s1. The highest BCUT2D eigenvalue weighted by Gasteiger charge is 2.33. The van der Waals surface area contributed by atoms with Crippen LogP contribution < -0.4 is 0 Å². The first-order chi connectivity index (χ1) is 10.2. The molecular weight excluding hydrogens is 270 g/mol. The first kappa shape index (κ1) is 13.8. The summed E-state index contributed by atoms with van der Waals surface area (Å²) in [5, 5.41) is 20.4. The molecule has 1 aliphatic heterocycles. The van der Waals surface area contributed by atoms with Crippen LogP contribution in [0.2, 0.25) is 0 Å². The molecular formula is C14H19N5O2. The van der Waals surface area contributed by atoms with Gasteiger partial charge in [-0.25, -0.2) is 0 Å². The van der Waals surface area contributed by atoms with Gasteiger partial charge in [0, 0.05) is 38.5 Å². The lowest BCUT2D eigenvalue weighted by atomic mass is 10.1. The molecule has 1 fully saturated rings. The monoisotopic (exact) mass is 289 g/mol. The Hall–Kier alpha value is -2.15. The molecule has 7 nitrogen and oxygen atoms in total. The first-order valence-corrected chi connectivity index (χ1v) is 7.14. The Bertz CT molecular complexity index is 633. The number of nitrogens with one attached hydrogen (secondary N) is 1. The number of likely N-dealkylation sites (tertiary alicyclic amines) is 1. The van der Waals surface area contributed by atoms with Gasteiger partial charge < -0.3 is 10.0 Å². The number of H-pyrrole nitrogens is 1. The van der Waals surface area contributed by atoms with Gasteiger partial charge in [-0.05, 0) is 25.0 Å². The van der Waals surface area contributed by atoms with Crippen LogP contribution in [0.3, 0.4) is 0 Å². The number of aryl methyl sites for hydroxylation is 1. The smallest absolute Gasteiger partial charge is 0.274 e. The van der Waals surface area contributed by atoms with Crippen LogP contribution in [0.5, 0.6) is 0 Å². The van der Waals surface area contributed by atoms with Crippen LogP contribution >= 0.6 is 0 Å². The molecule has 0 bridgehead atoms. The van der Waals surface area contributed by atoms with Gasteiger partial charge in [-0.2, -0.15) is 10.2 Å². The number of carbonyl (C=O) groups is 1. The van der Waals surface area contributed by atoms with Crippen LogP contribution in [0.25, 0.3) is 0 Å². The van der Waals surface area contributed by atoms with Crippen LogP contribution in [-0.4, -0.2) is 49.0 Å². The molecule has 1 amide bonds. The van der Waals surface area contributed by atoms with Crippen LogP contribution in [-0.2, 0) is 13.5 Å². The minimum Gasteiger partial charge on any atom is -0.396 e. The van der Waals surface area contributed by atoms with Gasteiger partial charge in [-0.15, -0.1) is 0 Å². The van der Waals surface area contributed by atoms with E-state index in [4.69, 9.17) is 5.11 Å². The zero-order valence-electron chi connectivity index (χ0n) is 12.0. The number of aliphatic hydroxyl groups excluding tert-OH is 1. The number of carbonyl (C=O) groups excluding carboxylic acids is 1. The summed E-state index contributed by atoms with van der Waals surface area (Å²) < 4.78 is 1.63. The molecule has 112 valence electrons. The van der Waals surface area contributed by atoms with E-state index in [0.29, 0.717) is 12.1 Å². The summed E-state index contributed by atoms with van der Waals surface area (Å²) in [6.45, 7) is 0.811. The van der Waals surface area contributed by atoms with Crippen LogP contribution in [0.15, 0.2) is 18.3 Å². The van der Waals surface area contributed by atoms with Gasteiger partial charge in [0.05, 0.1) is 11.7 Å². The number of rotatable bonds is 4. The average Bonchev–Trinajstić information content (AvgIpc) is 3.17. The van der Waals surface area contributed by atoms with Crippen LogP contribution in [0.1, 0.15) is 40.8 Å². The van der Waals surface area contributed by atoms with Crippen molar-refractivity contribution in [1.29, 1.82) is 0 Å². The van der Waals surface area contributed by atoms with Gasteiger partial charge in [0.1, 0.15) is 5.69 Å². The Kier molecular flexibility index (Phi) is 3.74. The molecule has 0 aliphatic carbocycles. The molecule has 3 rings (SSSR count). The molecule has 0 aromatic carbocycles. The molecule has 0 unspecified atom stereocenters. The number of aromatic amines is 1. The van der Waals surface area contributed by atoms with E-state index >= 15 is 0 Å². The molecule has 7 heteroatoms. The average molecular weight is 289 g/mol. The lowest BCUT2D eigenvalue weighted by Crippen LogP contribution is -2.31. The molecule has 2 aromatic rings. The van der Waals surface area contributed by atoms with E-state index in [1.807, 2.05) is 11.0 Å². The number of aromatic nitrogens is 4. The number of aliphatic hydroxyl groups is 1. The quantitative estimate of drug-likeness (QED) is 0.865. The highest BCUT2D eigenvalue weighted by atomic mass is 16.3. The van der Waals surface area contributed by atoms with Gasteiger partial charge in [0.25, 0.3) is 5.91 Å². The van der Waals surface area contributed by atoms with E-state index in [2.05, 4.69) is 15.3 Å². The molecule has 0 spiro atoms. The van der Waals surface area contributed by atoms with Crippen LogP contribution in [0.4, 0.5) is 0 Å². The summed E-state index contributed by atoms with van der Waals surface area (Å²) in [5.74, 6) is -0.0511. The fourth-order valence-electron chi connectivity index (χ4n) is 2.79. The van der Waals surface area contributed by atoms with E-state index in [-0.39, 0.29) is 18.6 Å². The maximum atomic E-state index is 12.5. The molecule has 1 saturated heterocycles. The second-order valence-electron chi connectivity index (χ2n) is 5.32. The SMILES string of the molecule is Cn1ccc(C(=O)N2CCC[C@@H]2c2cc(CCO)[nH]n2)n1. The topological polar surface area (TPSA) is 87.0 Å². The van der Waals surface area contributed by atoms with Gasteiger partial charge >= 0.3 is 0 Å². The van der Waals surface area contributed by atoms with E-state index in [1.165, 1.54) is 0 Å². The minimum atomic E-state index is -0.0511. The van der Waals surface area contributed by atoms with Crippen molar-refractivity contribution in [3.8, 4) is 0 Å². The van der Waals surface area contributed by atoms with E-state index in [1.54, 1.807) is 24.0 Å². The van der Waals surface area contributed by atoms with Gasteiger partial charge in [-0.3, -0.25) is 14.6 Å². The minimum absolute atomic E-state index is 0.0109. The normalized spacial score (nSPS) is 18.4. The Morgan fingerprint density at radius 2 is 2.43 bits per heavy atom. The largest absolute Gasteiger partial charge is 0.396 e. The first-order valence-electron chi connectivity index (χ1n) is 7.14. The second-order valence-corrected chi connectivity index (χ2v) is 5.32. The molecule has 3 heterocycles. The second kappa shape index (κ2) is 5.69. The lowest BCUT2D eigenvalue weighted by Gasteiger charge is -2.22. The fourth-order valence-corrected chi connectivity index (χ4v) is 2.79. The molecule has 0 radical (unpaired) electrons. The Labute approximate surface area is 122 Å². The van der Waals surface area contributed by atoms with Crippen molar-refractivity contribution in [2.24, 2.45) is 7.05 Å². The van der Waals surface area contributed by atoms with E-state index in [0.717, 1.165) is 30.8 Å². The molecule has 2 N–H and O–H groups in total. The van der Waals surface area contributed by atoms with Crippen molar-refractivity contribution in [3.05, 3.63) is 35.4 Å². The summed E-state index contributed by atoms with van der Waals surface area (Å²) in [6.07, 6.45) is 4.19. The zero-order chi connectivity index (χ0) is 14.8. The van der Waals surface area contributed by atoms with Crippen molar-refractivity contribution >= 4 is 5.91 Å². The zero-order valence-corrected chi connectivity index (χ0v) is 12.0. The van der Waals surface area contributed by atoms with Gasteiger partial charge in [0.2, 0.25) is 0 Å². The van der Waals surface area contributed by atoms with E-state index in [9.17, 15) is 4.79 Å². The molecule has 0 saturated carbocycles. The maximum Gasteiger partial charge on any atom is 0.274 e. The summed E-state index contributed by atoms with van der Waals surface area (Å²) in [7, 11) is 1.80. The number of nitrogens with zero attached hydrogens (tertiary/aromatic N) is 4. The predicted molar refractivity (Wildman–Crippen MR) is 75.6 cm³/mol. The fraction of sp³-hybridized carbons (Fsp3) is 0.500. The third kappa shape index (κ3) is 2.69. The summed E-state index contributed by atoms with van der Waals surface area (Å²) in [4.78, 5) is 14.4. The number of amides is 1. The van der Waals surface area contributed by atoms with Gasteiger partial charge in [-0.1, -0.05) is 0 Å². The van der Waals surface area contributed by atoms with E-state index < -0.39 is 0 Å². The van der Waals surface area contributed by atoms with Crippen molar-refractivity contribution < 1.29 is 9.90 Å². The Morgan fingerprint density at radius 3 is 3.14 bits per heavy atom. The third-order valence-corrected chi connectivity index (χ3v) is 3.82. The van der Waals surface area contributed by atoms with Crippen molar-refractivity contribution in [2.75, 3.05) is 13.2 Å². The molecule has 2 aromatic heterocycles.